The van der Waals surface area contributed by atoms with Crippen LogP contribution in [0.5, 0.6) is 0 Å². The van der Waals surface area contributed by atoms with E-state index < -0.39 is 0 Å². The minimum absolute atomic E-state index is 1.09. The molecule has 1 rings (SSSR count). The first-order chi connectivity index (χ1) is 5.88. The molecule has 0 heterocycles. The third-order valence-electron chi connectivity index (χ3n) is 1.97. The van der Waals surface area contributed by atoms with Crippen LogP contribution in [-0.4, -0.2) is 0 Å². The number of hydrogen-bond acceptors (Lipinski definition) is 0. The summed E-state index contributed by atoms with van der Waals surface area (Å²) in [6, 6.07) is 8.63. The highest BCUT2D eigenvalue weighted by Crippen LogP contribution is 2.12. The van der Waals surface area contributed by atoms with Crippen LogP contribution < -0.4 is 0 Å². The molecule has 1 aromatic rings. The van der Waals surface area contributed by atoms with Gasteiger partial charge in [0.1, 0.15) is 0 Å². The molecule has 0 unspecified atom stereocenters. The Morgan fingerprint density at radius 2 is 1.33 bits per heavy atom. The summed E-state index contributed by atoms with van der Waals surface area (Å²) in [6.07, 6.45) is 6.58. The van der Waals surface area contributed by atoms with Crippen molar-refractivity contribution in [2.24, 2.45) is 0 Å². The molecule has 0 saturated heterocycles. The van der Waals surface area contributed by atoms with E-state index >= 15 is 0 Å². The quantitative estimate of drug-likeness (QED) is 0.593. The monoisotopic (exact) mass is 160 g/mol. The van der Waals surface area contributed by atoms with Crippen molar-refractivity contribution in [2.75, 3.05) is 0 Å². The molecule has 0 radical (unpaired) electrons. The van der Waals surface area contributed by atoms with Crippen LogP contribution in [0.3, 0.4) is 0 Å². The third kappa shape index (κ3) is 2.37. The molecule has 0 aliphatic rings. The first-order valence-corrected chi connectivity index (χ1v) is 4.51. The maximum Gasteiger partial charge on any atom is -0.0615 e. The van der Waals surface area contributed by atoms with E-state index in [1.54, 1.807) is 0 Å². The van der Waals surface area contributed by atoms with Gasteiger partial charge in [0.25, 0.3) is 0 Å². The molecule has 0 aromatic heterocycles. The van der Waals surface area contributed by atoms with Gasteiger partial charge in [-0.15, -0.1) is 0 Å². The van der Waals surface area contributed by atoms with Gasteiger partial charge in [-0.1, -0.05) is 35.4 Å². The van der Waals surface area contributed by atoms with E-state index in [9.17, 15) is 0 Å². The molecule has 0 heteroatoms. The summed E-state index contributed by atoms with van der Waals surface area (Å²) in [6.45, 7) is 4.21. The molecule has 66 valence electrons. The average Bonchev–Trinajstić information content (AvgIpc) is 2.09. The van der Waals surface area contributed by atoms with Crippen LogP contribution in [0.1, 0.15) is 25.0 Å². The minimum Gasteiger partial charge on any atom is -0.327 e. The van der Waals surface area contributed by atoms with Crippen molar-refractivity contribution in [1.29, 1.82) is 0 Å². The maximum atomic E-state index is 2.21. The zero-order valence-corrected chi connectivity index (χ0v) is 7.88. The van der Waals surface area contributed by atoms with Gasteiger partial charge in [0.05, 0.1) is 0 Å². The van der Waals surface area contributed by atoms with E-state index in [0.29, 0.717) is 0 Å². The normalized spacial score (nSPS) is 10.2. The van der Waals surface area contributed by atoms with Gasteiger partial charge in [-0.05, 0) is 0 Å². The fraction of sp³-hybridized carbons (Fsp3) is 0.333. The van der Waals surface area contributed by atoms with E-state index in [2.05, 4.69) is 51.0 Å². The third-order valence-corrected chi connectivity index (χ3v) is 1.97. The molecular weight excluding hydrogens is 144 g/mol. The second-order valence-electron chi connectivity index (χ2n) is 2.99. The first kappa shape index (κ1) is 9.31. The standard InChI is InChI=1S/C12H16/c1-3-7-11-9-5-6-10-12(11)8-4-2/h3-6,9-10H,7-8H2,1-2H3/q-2. The molecule has 0 bridgehead atoms. The number of rotatable bonds is 4. The molecule has 0 aliphatic carbocycles. The topological polar surface area (TPSA) is 0 Å². The van der Waals surface area contributed by atoms with Gasteiger partial charge in [0.2, 0.25) is 0 Å². The highest BCUT2D eigenvalue weighted by Gasteiger charge is 1.91. The number of benzene rings is 1. The summed E-state index contributed by atoms with van der Waals surface area (Å²) in [7, 11) is 0. The predicted octanol–water partition coefficient (Wildman–Crippen LogP) is 3.22. The average molecular weight is 160 g/mol. The Kier molecular flexibility index (Phi) is 3.86. The Morgan fingerprint density at radius 1 is 0.917 bits per heavy atom. The zero-order chi connectivity index (χ0) is 8.81. The largest absolute Gasteiger partial charge is 0.327 e. The summed E-state index contributed by atoms with van der Waals surface area (Å²) in [4.78, 5) is 0. The van der Waals surface area contributed by atoms with Crippen LogP contribution in [0.15, 0.2) is 24.3 Å². The van der Waals surface area contributed by atoms with Crippen molar-refractivity contribution in [2.45, 2.75) is 26.7 Å². The predicted molar refractivity (Wildman–Crippen MR) is 53.8 cm³/mol. The van der Waals surface area contributed by atoms with Gasteiger partial charge in [-0.25, -0.2) is 0 Å². The molecular formula is C12H16-2. The smallest absolute Gasteiger partial charge is 0.0615 e. The summed E-state index contributed by atoms with van der Waals surface area (Å²) >= 11 is 0. The van der Waals surface area contributed by atoms with Crippen molar-refractivity contribution in [1.82, 2.24) is 0 Å². The van der Waals surface area contributed by atoms with Crippen LogP contribution in [0.25, 0.3) is 0 Å². The van der Waals surface area contributed by atoms with E-state index in [1.807, 2.05) is 0 Å². The lowest BCUT2D eigenvalue weighted by Gasteiger charge is -2.14. The van der Waals surface area contributed by atoms with Gasteiger partial charge >= 0.3 is 0 Å². The van der Waals surface area contributed by atoms with E-state index in [0.717, 1.165) is 12.8 Å². The van der Waals surface area contributed by atoms with Gasteiger partial charge in [0, 0.05) is 0 Å². The molecule has 0 fully saturated rings. The van der Waals surface area contributed by atoms with Gasteiger partial charge < -0.3 is 12.8 Å². The summed E-state index contributed by atoms with van der Waals surface area (Å²) in [5.74, 6) is 0. The number of hydrogen-bond donors (Lipinski definition) is 0. The Bertz CT molecular complexity index is 200. The molecule has 0 nitrogen and oxygen atoms in total. The van der Waals surface area contributed by atoms with Gasteiger partial charge in [-0.2, -0.15) is 26.7 Å². The van der Waals surface area contributed by atoms with Crippen LogP contribution in [0, 0.1) is 12.8 Å². The van der Waals surface area contributed by atoms with Crippen molar-refractivity contribution in [3.63, 3.8) is 0 Å². The summed E-state index contributed by atoms with van der Waals surface area (Å²) < 4.78 is 0. The van der Waals surface area contributed by atoms with Crippen LogP contribution in [0.2, 0.25) is 0 Å². The molecule has 0 atom stereocenters. The highest BCUT2D eigenvalue weighted by molar-refractivity contribution is 5.29. The lowest BCUT2D eigenvalue weighted by Crippen LogP contribution is -1.93. The Labute approximate surface area is 75.6 Å². The van der Waals surface area contributed by atoms with Gasteiger partial charge in [-0.3, -0.25) is 0 Å². The van der Waals surface area contributed by atoms with Crippen LogP contribution >= 0.6 is 0 Å². The highest BCUT2D eigenvalue weighted by atomic mass is 14.0. The molecule has 0 amide bonds. The molecule has 1 aromatic carbocycles. The zero-order valence-electron chi connectivity index (χ0n) is 7.88. The fourth-order valence-electron chi connectivity index (χ4n) is 1.40. The molecule has 0 spiro atoms. The van der Waals surface area contributed by atoms with E-state index in [4.69, 9.17) is 0 Å². The summed E-state index contributed by atoms with van der Waals surface area (Å²) in [5.41, 5.74) is 2.91. The van der Waals surface area contributed by atoms with Crippen LogP contribution in [0.4, 0.5) is 0 Å². The van der Waals surface area contributed by atoms with E-state index in [1.165, 1.54) is 11.1 Å². The molecule has 12 heavy (non-hydrogen) atoms. The Balaban J connectivity index is 2.77. The van der Waals surface area contributed by atoms with Crippen molar-refractivity contribution >= 4 is 0 Å². The second kappa shape index (κ2) is 4.97. The molecule has 0 N–H and O–H groups in total. The van der Waals surface area contributed by atoms with Crippen molar-refractivity contribution in [3.8, 4) is 0 Å². The Morgan fingerprint density at radius 3 is 1.67 bits per heavy atom. The van der Waals surface area contributed by atoms with Crippen molar-refractivity contribution in [3.05, 3.63) is 48.2 Å². The maximum absolute atomic E-state index is 2.21. The van der Waals surface area contributed by atoms with Crippen LogP contribution in [-0.2, 0) is 12.8 Å². The summed E-state index contributed by atoms with van der Waals surface area (Å²) in [5, 5.41) is 0. The lowest BCUT2D eigenvalue weighted by molar-refractivity contribution is 1.05. The van der Waals surface area contributed by atoms with Crippen molar-refractivity contribution < 1.29 is 0 Å². The van der Waals surface area contributed by atoms with E-state index in [-0.39, 0.29) is 0 Å². The SMILES string of the molecule is C[CH-]Cc1ccccc1C[CH-]C. The lowest BCUT2D eigenvalue weighted by atomic mass is 10.00. The first-order valence-electron chi connectivity index (χ1n) is 4.51. The Hall–Kier alpha value is -0.780. The van der Waals surface area contributed by atoms with Gasteiger partial charge in [0.15, 0.2) is 0 Å². The molecule has 0 saturated carbocycles. The second-order valence-corrected chi connectivity index (χ2v) is 2.99. The molecule has 0 aliphatic heterocycles. The minimum atomic E-state index is 1.09. The fourth-order valence-corrected chi connectivity index (χ4v) is 1.40.